The number of benzene rings is 1. The molecule has 1 amide bonds. The Hall–Kier alpha value is -2.69. The Kier molecular flexibility index (Phi) is 3.86. The van der Waals surface area contributed by atoms with E-state index in [4.69, 9.17) is 0 Å². The molecule has 1 N–H and O–H groups in total. The number of carbonyl (C=O) groups excluding carboxylic acids is 1. The Balaban J connectivity index is 1.92. The van der Waals surface area contributed by atoms with E-state index in [1.165, 1.54) is 0 Å². The van der Waals surface area contributed by atoms with Gasteiger partial charge in [-0.3, -0.25) is 14.5 Å². The third kappa shape index (κ3) is 2.70. The van der Waals surface area contributed by atoms with E-state index in [-0.39, 0.29) is 11.9 Å². The second-order valence-electron chi connectivity index (χ2n) is 5.78. The summed E-state index contributed by atoms with van der Waals surface area (Å²) < 4.78 is 1.84. The first-order valence-corrected chi connectivity index (χ1v) is 7.63. The van der Waals surface area contributed by atoms with Crippen molar-refractivity contribution in [2.75, 3.05) is 0 Å². The lowest BCUT2D eigenvalue weighted by molar-refractivity contribution is 0.0941. The standard InChI is InChI=1S/C18H20N4O/c1-11(17-12(2)21-22(4)13(17)3)20-18(23)15-7-5-9-16-14(15)8-6-10-19-16/h5-11H,1-4H3,(H,20,23)/t11-/m1/s1. The molecule has 0 fully saturated rings. The number of hydrogen-bond donors (Lipinski definition) is 1. The second kappa shape index (κ2) is 5.83. The molecule has 0 bridgehead atoms. The molecule has 0 aliphatic rings. The van der Waals surface area contributed by atoms with Crippen molar-refractivity contribution in [2.24, 2.45) is 7.05 Å². The first kappa shape index (κ1) is 15.2. The normalized spacial score (nSPS) is 12.3. The largest absolute Gasteiger partial charge is 0.345 e. The lowest BCUT2D eigenvalue weighted by Crippen LogP contribution is -2.27. The fourth-order valence-corrected chi connectivity index (χ4v) is 3.06. The van der Waals surface area contributed by atoms with Crippen molar-refractivity contribution in [2.45, 2.75) is 26.8 Å². The summed E-state index contributed by atoms with van der Waals surface area (Å²) >= 11 is 0. The van der Waals surface area contributed by atoms with Crippen molar-refractivity contribution < 1.29 is 4.79 Å². The smallest absolute Gasteiger partial charge is 0.252 e. The third-order valence-electron chi connectivity index (χ3n) is 4.24. The fourth-order valence-electron chi connectivity index (χ4n) is 3.06. The number of nitrogens with one attached hydrogen (secondary N) is 1. The molecule has 2 aromatic heterocycles. The topological polar surface area (TPSA) is 59.8 Å². The summed E-state index contributed by atoms with van der Waals surface area (Å²) in [6.07, 6.45) is 1.73. The molecule has 0 saturated carbocycles. The summed E-state index contributed by atoms with van der Waals surface area (Å²) in [5.74, 6) is -0.0984. The maximum absolute atomic E-state index is 12.7. The van der Waals surface area contributed by atoms with Gasteiger partial charge in [-0.15, -0.1) is 0 Å². The lowest BCUT2D eigenvalue weighted by Gasteiger charge is -2.15. The molecule has 1 atom stereocenters. The van der Waals surface area contributed by atoms with Gasteiger partial charge in [0.15, 0.2) is 0 Å². The predicted molar refractivity (Wildman–Crippen MR) is 90.3 cm³/mol. The van der Waals surface area contributed by atoms with Crippen LogP contribution in [0, 0.1) is 13.8 Å². The number of rotatable bonds is 3. The highest BCUT2D eigenvalue weighted by Crippen LogP contribution is 2.22. The molecule has 118 valence electrons. The summed E-state index contributed by atoms with van der Waals surface area (Å²) in [6.45, 7) is 5.96. The molecular formula is C18H20N4O. The van der Waals surface area contributed by atoms with E-state index in [0.29, 0.717) is 5.56 Å². The van der Waals surface area contributed by atoms with Gasteiger partial charge in [-0.25, -0.2) is 0 Å². The Morgan fingerprint density at radius 2 is 2.00 bits per heavy atom. The summed E-state index contributed by atoms with van der Waals surface area (Å²) in [6, 6.07) is 9.25. The number of amides is 1. The number of aromatic nitrogens is 3. The number of hydrogen-bond acceptors (Lipinski definition) is 3. The Labute approximate surface area is 135 Å². The van der Waals surface area contributed by atoms with E-state index in [2.05, 4.69) is 15.4 Å². The van der Waals surface area contributed by atoms with Gasteiger partial charge >= 0.3 is 0 Å². The van der Waals surface area contributed by atoms with Crippen molar-refractivity contribution in [3.8, 4) is 0 Å². The Bertz CT molecular complexity index is 877. The van der Waals surface area contributed by atoms with Crippen LogP contribution in [0.4, 0.5) is 0 Å². The minimum atomic E-state index is -0.108. The highest BCUT2D eigenvalue weighted by atomic mass is 16.1. The number of nitrogens with zero attached hydrogens (tertiary/aromatic N) is 3. The number of aryl methyl sites for hydroxylation is 2. The van der Waals surface area contributed by atoms with Gasteiger partial charge in [0.1, 0.15) is 0 Å². The monoisotopic (exact) mass is 308 g/mol. The quantitative estimate of drug-likeness (QED) is 0.809. The molecule has 3 aromatic rings. The van der Waals surface area contributed by atoms with E-state index < -0.39 is 0 Å². The first-order valence-electron chi connectivity index (χ1n) is 7.63. The van der Waals surface area contributed by atoms with Crippen LogP contribution in [0.5, 0.6) is 0 Å². The second-order valence-corrected chi connectivity index (χ2v) is 5.78. The minimum Gasteiger partial charge on any atom is -0.345 e. The molecule has 1 aromatic carbocycles. The molecule has 5 nitrogen and oxygen atoms in total. The van der Waals surface area contributed by atoms with E-state index in [1.54, 1.807) is 6.20 Å². The van der Waals surface area contributed by atoms with Gasteiger partial charge in [0, 0.05) is 35.5 Å². The highest BCUT2D eigenvalue weighted by Gasteiger charge is 2.19. The average molecular weight is 308 g/mol. The fraction of sp³-hybridized carbons (Fsp3) is 0.278. The van der Waals surface area contributed by atoms with Crippen molar-refractivity contribution in [3.63, 3.8) is 0 Å². The summed E-state index contributed by atoms with van der Waals surface area (Å²) in [7, 11) is 1.91. The van der Waals surface area contributed by atoms with Gasteiger partial charge in [0.2, 0.25) is 0 Å². The molecule has 3 rings (SSSR count). The molecule has 0 radical (unpaired) electrons. The molecule has 0 spiro atoms. The van der Waals surface area contributed by atoms with Crippen LogP contribution in [0.15, 0.2) is 36.5 Å². The zero-order valence-corrected chi connectivity index (χ0v) is 13.8. The lowest BCUT2D eigenvalue weighted by atomic mass is 10.0. The zero-order chi connectivity index (χ0) is 16.6. The maximum atomic E-state index is 12.7. The van der Waals surface area contributed by atoms with Gasteiger partial charge in [-0.1, -0.05) is 12.1 Å². The van der Waals surface area contributed by atoms with Crippen LogP contribution in [-0.2, 0) is 7.05 Å². The van der Waals surface area contributed by atoms with E-state index in [9.17, 15) is 4.79 Å². The Morgan fingerprint density at radius 1 is 1.22 bits per heavy atom. The van der Waals surface area contributed by atoms with E-state index in [1.807, 2.05) is 62.8 Å². The SMILES string of the molecule is Cc1nn(C)c(C)c1[C@@H](C)NC(=O)c1cccc2ncccc12. The van der Waals surface area contributed by atoms with Crippen LogP contribution in [0.1, 0.15) is 40.3 Å². The number of fused-ring (bicyclic) bond motifs is 1. The van der Waals surface area contributed by atoms with Gasteiger partial charge in [0.05, 0.1) is 17.3 Å². The molecule has 0 unspecified atom stereocenters. The summed E-state index contributed by atoms with van der Waals surface area (Å²) in [5, 5.41) is 8.36. The predicted octanol–water partition coefficient (Wildman–Crippen LogP) is 3.08. The van der Waals surface area contributed by atoms with Crippen LogP contribution in [0.2, 0.25) is 0 Å². The van der Waals surface area contributed by atoms with Crippen LogP contribution in [0.3, 0.4) is 0 Å². The third-order valence-corrected chi connectivity index (χ3v) is 4.24. The van der Waals surface area contributed by atoms with Crippen molar-refractivity contribution >= 4 is 16.8 Å². The van der Waals surface area contributed by atoms with Crippen LogP contribution >= 0.6 is 0 Å². The van der Waals surface area contributed by atoms with Gasteiger partial charge in [-0.2, -0.15) is 5.10 Å². The summed E-state index contributed by atoms with van der Waals surface area (Å²) in [4.78, 5) is 17.0. The molecule has 0 aliphatic carbocycles. The van der Waals surface area contributed by atoms with Gasteiger partial charge in [0.25, 0.3) is 5.91 Å². The molecule has 23 heavy (non-hydrogen) atoms. The van der Waals surface area contributed by atoms with Crippen LogP contribution < -0.4 is 5.32 Å². The van der Waals surface area contributed by atoms with Crippen molar-refractivity contribution in [1.29, 1.82) is 0 Å². The Morgan fingerprint density at radius 3 is 2.70 bits per heavy atom. The molecular weight excluding hydrogens is 288 g/mol. The molecule has 5 heteroatoms. The van der Waals surface area contributed by atoms with Crippen LogP contribution in [-0.4, -0.2) is 20.7 Å². The molecule has 0 saturated heterocycles. The van der Waals surface area contributed by atoms with E-state index >= 15 is 0 Å². The average Bonchev–Trinajstić information content (AvgIpc) is 2.79. The minimum absolute atomic E-state index is 0.0984. The zero-order valence-electron chi connectivity index (χ0n) is 13.8. The maximum Gasteiger partial charge on any atom is 0.252 e. The van der Waals surface area contributed by atoms with Crippen LogP contribution in [0.25, 0.3) is 10.9 Å². The molecule has 2 heterocycles. The summed E-state index contributed by atoms with van der Waals surface area (Å²) in [5.41, 5.74) is 4.54. The van der Waals surface area contributed by atoms with Gasteiger partial charge < -0.3 is 5.32 Å². The highest BCUT2D eigenvalue weighted by molar-refractivity contribution is 6.06. The van der Waals surface area contributed by atoms with Gasteiger partial charge in [-0.05, 0) is 39.0 Å². The van der Waals surface area contributed by atoms with Crippen molar-refractivity contribution in [1.82, 2.24) is 20.1 Å². The number of pyridine rings is 1. The first-order chi connectivity index (χ1) is 11.0. The molecule has 0 aliphatic heterocycles. The number of carbonyl (C=O) groups is 1. The van der Waals surface area contributed by atoms with E-state index in [0.717, 1.165) is 27.9 Å². The van der Waals surface area contributed by atoms with Crippen molar-refractivity contribution in [3.05, 3.63) is 59.0 Å².